The van der Waals surface area contributed by atoms with Crippen molar-refractivity contribution in [2.24, 2.45) is 5.92 Å². The van der Waals surface area contributed by atoms with Crippen LogP contribution in [0.2, 0.25) is 0 Å². The molecule has 0 aromatic heterocycles. The molecule has 6 nitrogen and oxygen atoms in total. The largest absolute Gasteiger partial charge is 0.468 e. The van der Waals surface area contributed by atoms with Crippen LogP contribution in [-0.4, -0.2) is 62.3 Å². The van der Waals surface area contributed by atoms with E-state index in [1.807, 2.05) is 6.92 Å². The third kappa shape index (κ3) is 4.41. The molecule has 21 heavy (non-hydrogen) atoms. The molecule has 0 aromatic rings. The van der Waals surface area contributed by atoms with Gasteiger partial charge in [-0.15, -0.1) is 0 Å². The first-order valence-electron chi connectivity index (χ1n) is 7.81. The van der Waals surface area contributed by atoms with Crippen molar-refractivity contribution in [2.75, 3.05) is 33.4 Å². The van der Waals surface area contributed by atoms with Gasteiger partial charge >= 0.3 is 5.97 Å². The molecule has 2 aliphatic heterocycles. The van der Waals surface area contributed by atoms with Crippen LogP contribution in [0.3, 0.4) is 0 Å². The Labute approximate surface area is 126 Å². The van der Waals surface area contributed by atoms with E-state index < -0.39 is 0 Å². The Hall–Kier alpha value is -1.14. The van der Waals surface area contributed by atoms with Gasteiger partial charge in [0.15, 0.2) is 0 Å². The molecule has 2 saturated heterocycles. The first-order valence-corrected chi connectivity index (χ1v) is 7.81. The molecule has 0 spiro atoms. The number of amides is 1. The van der Waals surface area contributed by atoms with Crippen molar-refractivity contribution in [3.8, 4) is 0 Å². The van der Waals surface area contributed by atoms with Gasteiger partial charge in [0.05, 0.1) is 7.11 Å². The van der Waals surface area contributed by atoms with Crippen LogP contribution in [0.15, 0.2) is 0 Å². The van der Waals surface area contributed by atoms with Crippen LogP contribution in [0.1, 0.15) is 32.6 Å². The Kier molecular flexibility index (Phi) is 5.99. The van der Waals surface area contributed by atoms with Crippen molar-refractivity contribution < 1.29 is 19.1 Å². The van der Waals surface area contributed by atoms with Crippen LogP contribution in [0.25, 0.3) is 0 Å². The van der Waals surface area contributed by atoms with Crippen molar-refractivity contribution in [1.82, 2.24) is 10.2 Å². The summed E-state index contributed by atoms with van der Waals surface area (Å²) in [5.74, 6) is 0.0724. The first-order chi connectivity index (χ1) is 10.1. The zero-order valence-corrected chi connectivity index (χ0v) is 13.0. The highest BCUT2D eigenvalue weighted by atomic mass is 16.5. The molecule has 0 bridgehead atoms. The predicted octanol–water partition coefficient (Wildman–Crippen LogP) is 0.555. The second-order valence-electron chi connectivity index (χ2n) is 5.90. The van der Waals surface area contributed by atoms with Crippen LogP contribution >= 0.6 is 0 Å². The average molecular weight is 298 g/mol. The molecule has 2 heterocycles. The Balaban J connectivity index is 1.73. The number of hydrogen-bond donors (Lipinski definition) is 1. The summed E-state index contributed by atoms with van der Waals surface area (Å²) in [5, 5.41) is 3.15. The molecule has 0 saturated carbocycles. The minimum absolute atomic E-state index is 0.103. The van der Waals surface area contributed by atoms with Gasteiger partial charge in [-0.25, -0.2) is 0 Å². The molecule has 0 aliphatic carbocycles. The molecule has 0 unspecified atom stereocenters. The average Bonchev–Trinajstić information content (AvgIpc) is 2.55. The molecule has 2 fully saturated rings. The standard InChI is InChI=1S/C15H26N2O4/c1-11(15(19)20-2)17-7-3-13(4-8-17)16-14(18)12-5-9-21-10-6-12/h11-13H,3-10H2,1-2H3,(H,16,18)/t11-/m0/s1. The van der Waals surface area contributed by atoms with E-state index in [2.05, 4.69) is 10.2 Å². The lowest BCUT2D eigenvalue weighted by Crippen LogP contribution is -2.50. The molecule has 2 rings (SSSR count). The smallest absolute Gasteiger partial charge is 0.322 e. The zero-order chi connectivity index (χ0) is 15.2. The summed E-state index contributed by atoms with van der Waals surface area (Å²) in [4.78, 5) is 25.8. The monoisotopic (exact) mass is 298 g/mol. The summed E-state index contributed by atoms with van der Waals surface area (Å²) >= 11 is 0. The highest BCUT2D eigenvalue weighted by Crippen LogP contribution is 2.18. The summed E-state index contributed by atoms with van der Waals surface area (Å²) in [6.07, 6.45) is 3.42. The summed E-state index contributed by atoms with van der Waals surface area (Å²) < 4.78 is 10.1. The fourth-order valence-corrected chi connectivity index (χ4v) is 3.03. The van der Waals surface area contributed by atoms with E-state index in [1.165, 1.54) is 7.11 Å². The molecule has 1 N–H and O–H groups in total. The third-order valence-electron chi connectivity index (χ3n) is 4.56. The van der Waals surface area contributed by atoms with Gasteiger partial charge < -0.3 is 14.8 Å². The topological polar surface area (TPSA) is 67.9 Å². The summed E-state index contributed by atoms with van der Waals surface area (Å²) in [6, 6.07) is 0.0172. The molecular weight excluding hydrogens is 272 g/mol. The number of rotatable bonds is 4. The fourth-order valence-electron chi connectivity index (χ4n) is 3.03. The van der Waals surface area contributed by atoms with Gasteiger partial charge in [-0.1, -0.05) is 0 Å². The van der Waals surface area contributed by atoms with E-state index in [0.717, 1.165) is 38.8 Å². The molecule has 120 valence electrons. The van der Waals surface area contributed by atoms with E-state index in [1.54, 1.807) is 0 Å². The van der Waals surface area contributed by atoms with Crippen LogP contribution < -0.4 is 5.32 Å². The quantitative estimate of drug-likeness (QED) is 0.768. The lowest BCUT2D eigenvalue weighted by Gasteiger charge is -2.35. The second-order valence-corrected chi connectivity index (χ2v) is 5.90. The number of piperidine rings is 1. The molecule has 6 heteroatoms. The minimum atomic E-state index is -0.206. The normalized spacial score (nSPS) is 23.5. The lowest BCUT2D eigenvalue weighted by molar-refractivity contribution is -0.147. The number of likely N-dealkylation sites (tertiary alicyclic amines) is 1. The summed E-state index contributed by atoms with van der Waals surface area (Å²) in [6.45, 7) is 4.87. The van der Waals surface area contributed by atoms with Crippen molar-refractivity contribution in [2.45, 2.75) is 44.7 Å². The van der Waals surface area contributed by atoms with Crippen LogP contribution in [-0.2, 0) is 19.1 Å². The second kappa shape index (κ2) is 7.75. The maximum Gasteiger partial charge on any atom is 0.322 e. The van der Waals surface area contributed by atoms with Crippen LogP contribution in [0.4, 0.5) is 0 Å². The van der Waals surface area contributed by atoms with E-state index in [9.17, 15) is 9.59 Å². The van der Waals surface area contributed by atoms with Gasteiger partial charge in [-0.3, -0.25) is 14.5 Å². The third-order valence-corrected chi connectivity index (χ3v) is 4.56. The predicted molar refractivity (Wildman–Crippen MR) is 77.8 cm³/mol. The minimum Gasteiger partial charge on any atom is -0.468 e. The van der Waals surface area contributed by atoms with E-state index in [-0.39, 0.29) is 29.9 Å². The number of methoxy groups -OCH3 is 1. The van der Waals surface area contributed by atoms with Gasteiger partial charge in [-0.05, 0) is 32.6 Å². The number of esters is 1. The van der Waals surface area contributed by atoms with Crippen molar-refractivity contribution in [3.63, 3.8) is 0 Å². The van der Waals surface area contributed by atoms with Crippen LogP contribution in [0.5, 0.6) is 0 Å². The van der Waals surface area contributed by atoms with E-state index in [0.29, 0.717) is 13.2 Å². The SMILES string of the molecule is COC(=O)[C@H](C)N1CCC(NC(=O)C2CCOCC2)CC1. The molecular formula is C15H26N2O4. The van der Waals surface area contributed by atoms with Crippen molar-refractivity contribution >= 4 is 11.9 Å². The van der Waals surface area contributed by atoms with Gasteiger partial charge in [0, 0.05) is 38.3 Å². The van der Waals surface area contributed by atoms with Gasteiger partial charge in [-0.2, -0.15) is 0 Å². The first kappa shape index (κ1) is 16.2. The highest BCUT2D eigenvalue weighted by Gasteiger charge is 2.29. The summed E-state index contributed by atoms with van der Waals surface area (Å²) in [7, 11) is 1.42. The number of carbonyl (C=O) groups is 2. The number of hydrogen-bond acceptors (Lipinski definition) is 5. The molecule has 1 atom stereocenters. The number of nitrogens with zero attached hydrogens (tertiary/aromatic N) is 1. The molecule has 0 radical (unpaired) electrons. The van der Waals surface area contributed by atoms with E-state index in [4.69, 9.17) is 9.47 Å². The van der Waals surface area contributed by atoms with Crippen molar-refractivity contribution in [1.29, 1.82) is 0 Å². The Morgan fingerprint density at radius 1 is 1.19 bits per heavy atom. The Morgan fingerprint density at radius 2 is 1.81 bits per heavy atom. The molecule has 1 amide bonds. The van der Waals surface area contributed by atoms with Crippen molar-refractivity contribution in [3.05, 3.63) is 0 Å². The Morgan fingerprint density at radius 3 is 2.38 bits per heavy atom. The maximum atomic E-state index is 12.2. The number of nitrogens with one attached hydrogen (secondary N) is 1. The van der Waals surface area contributed by atoms with Gasteiger partial charge in [0.1, 0.15) is 6.04 Å². The highest BCUT2D eigenvalue weighted by molar-refractivity contribution is 5.79. The van der Waals surface area contributed by atoms with Gasteiger partial charge in [0.2, 0.25) is 5.91 Å². The maximum absolute atomic E-state index is 12.2. The molecule has 2 aliphatic rings. The summed E-state index contributed by atoms with van der Waals surface area (Å²) in [5.41, 5.74) is 0. The number of ether oxygens (including phenoxy) is 2. The van der Waals surface area contributed by atoms with E-state index >= 15 is 0 Å². The fraction of sp³-hybridized carbons (Fsp3) is 0.867. The zero-order valence-electron chi connectivity index (χ0n) is 13.0. The number of carbonyl (C=O) groups excluding carboxylic acids is 2. The Bertz CT molecular complexity index is 361. The van der Waals surface area contributed by atoms with Gasteiger partial charge in [0.25, 0.3) is 0 Å². The lowest BCUT2D eigenvalue weighted by atomic mass is 9.97. The van der Waals surface area contributed by atoms with Crippen LogP contribution in [0, 0.1) is 5.92 Å². The molecule has 0 aromatic carbocycles.